The standard InChI is InChI=1S/C13H21N3/c1-3-11-5-4-7-15-13(11)10-16-8-6-12(9-16)14-2/h4-5,7,12,14H,3,6,8-10H2,1-2H3. The van der Waals surface area contributed by atoms with Crippen molar-refractivity contribution in [2.45, 2.75) is 32.4 Å². The van der Waals surface area contributed by atoms with E-state index in [0.29, 0.717) is 6.04 Å². The lowest BCUT2D eigenvalue weighted by atomic mass is 10.1. The fourth-order valence-electron chi connectivity index (χ4n) is 2.36. The summed E-state index contributed by atoms with van der Waals surface area (Å²) in [5, 5.41) is 3.35. The molecule has 1 atom stereocenters. The van der Waals surface area contributed by atoms with Crippen molar-refractivity contribution in [3.05, 3.63) is 29.6 Å². The van der Waals surface area contributed by atoms with Crippen molar-refractivity contribution in [2.24, 2.45) is 0 Å². The molecule has 0 amide bonds. The molecule has 1 aromatic rings. The van der Waals surface area contributed by atoms with Gasteiger partial charge in [-0.25, -0.2) is 0 Å². The van der Waals surface area contributed by atoms with Crippen molar-refractivity contribution in [2.75, 3.05) is 20.1 Å². The monoisotopic (exact) mass is 219 g/mol. The summed E-state index contributed by atoms with van der Waals surface area (Å²) in [5.41, 5.74) is 2.64. The van der Waals surface area contributed by atoms with E-state index < -0.39 is 0 Å². The van der Waals surface area contributed by atoms with Gasteiger partial charge in [-0.3, -0.25) is 9.88 Å². The average molecular weight is 219 g/mol. The maximum absolute atomic E-state index is 4.50. The van der Waals surface area contributed by atoms with Gasteiger partial charge in [-0.15, -0.1) is 0 Å². The molecule has 0 aromatic carbocycles. The van der Waals surface area contributed by atoms with Crippen molar-refractivity contribution in [3.8, 4) is 0 Å². The lowest BCUT2D eigenvalue weighted by Crippen LogP contribution is -2.29. The van der Waals surface area contributed by atoms with E-state index in [4.69, 9.17) is 0 Å². The fraction of sp³-hybridized carbons (Fsp3) is 0.615. The summed E-state index contributed by atoms with van der Waals surface area (Å²) >= 11 is 0. The van der Waals surface area contributed by atoms with Crippen LogP contribution < -0.4 is 5.32 Å². The van der Waals surface area contributed by atoms with Crippen molar-refractivity contribution in [1.82, 2.24) is 15.2 Å². The molecule has 1 aromatic heterocycles. The molecule has 0 aliphatic carbocycles. The van der Waals surface area contributed by atoms with E-state index in [-0.39, 0.29) is 0 Å². The highest BCUT2D eigenvalue weighted by Crippen LogP contribution is 2.14. The second kappa shape index (κ2) is 5.41. The van der Waals surface area contributed by atoms with Crippen LogP contribution in [0.5, 0.6) is 0 Å². The number of hydrogen-bond donors (Lipinski definition) is 1. The molecular formula is C13H21N3. The Labute approximate surface area is 97.9 Å². The van der Waals surface area contributed by atoms with Crippen LogP contribution in [0, 0.1) is 0 Å². The summed E-state index contributed by atoms with van der Waals surface area (Å²) in [5.74, 6) is 0. The van der Waals surface area contributed by atoms with Crippen molar-refractivity contribution >= 4 is 0 Å². The Balaban J connectivity index is 1.99. The third-order valence-corrected chi connectivity index (χ3v) is 3.42. The van der Waals surface area contributed by atoms with Gasteiger partial charge in [-0.1, -0.05) is 13.0 Å². The summed E-state index contributed by atoms with van der Waals surface area (Å²) in [6.45, 7) is 5.53. The third kappa shape index (κ3) is 2.60. The second-order valence-electron chi connectivity index (χ2n) is 4.47. The van der Waals surface area contributed by atoms with Crippen LogP contribution in [-0.2, 0) is 13.0 Å². The molecule has 3 heteroatoms. The van der Waals surface area contributed by atoms with Gasteiger partial charge in [-0.2, -0.15) is 0 Å². The number of aromatic nitrogens is 1. The molecule has 0 spiro atoms. The van der Waals surface area contributed by atoms with Gasteiger partial charge in [0.25, 0.3) is 0 Å². The highest BCUT2D eigenvalue weighted by Gasteiger charge is 2.21. The van der Waals surface area contributed by atoms with E-state index in [2.05, 4.69) is 28.2 Å². The van der Waals surface area contributed by atoms with E-state index in [9.17, 15) is 0 Å². The van der Waals surface area contributed by atoms with Crippen LogP contribution in [0.15, 0.2) is 18.3 Å². The lowest BCUT2D eigenvalue weighted by Gasteiger charge is -2.17. The molecule has 1 aliphatic rings. The smallest absolute Gasteiger partial charge is 0.0575 e. The van der Waals surface area contributed by atoms with Crippen LogP contribution in [-0.4, -0.2) is 36.1 Å². The summed E-state index contributed by atoms with van der Waals surface area (Å²) in [6, 6.07) is 4.88. The first-order valence-corrected chi connectivity index (χ1v) is 6.16. The Kier molecular flexibility index (Phi) is 3.91. The summed E-state index contributed by atoms with van der Waals surface area (Å²) < 4.78 is 0. The van der Waals surface area contributed by atoms with Crippen LogP contribution in [0.25, 0.3) is 0 Å². The SMILES string of the molecule is CCc1cccnc1CN1CCC(NC)C1. The molecule has 1 fully saturated rings. The average Bonchev–Trinajstić information content (AvgIpc) is 2.77. The number of hydrogen-bond acceptors (Lipinski definition) is 3. The molecule has 0 bridgehead atoms. The molecule has 0 saturated carbocycles. The van der Waals surface area contributed by atoms with Crippen LogP contribution in [0.2, 0.25) is 0 Å². The summed E-state index contributed by atoms with van der Waals surface area (Å²) in [4.78, 5) is 6.99. The van der Waals surface area contributed by atoms with E-state index in [0.717, 1.165) is 19.5 Å². The number of rotatable bonds is 4. The minimum atomic E-state index is 0.661. The van der Waals surface area contributed by atoms with Gasteiger partial charge in [0.05, 0.1) is 5.69 Å². The Morgan fingerprint density at radius 1 is 1.56 bits per heavy atom. The van der Waals surface area contributed by atoms with Crippen molar-refractivity contribution in [3.63, 3.8) is 0 Å². The van der Waals surface area contributed by atoms with Gasteiger partial charge in [0.1, 0.15) is 0 Å². The van der Waals surface area contributed by atoms with E-state index in [1.54, 1.807) is 0 Å². The van der Waals surface area contributed by atoms with E-state index >= 15 is 0 Å². The zero-order valence-electron chi connectivity index (χ0n) is 10.2. The number of likely N-dealkylation sites (tertiary alicyclic amines) is 1. The molecule has 0 radical (unpaired) electrons. The minimum absolute atomic E-state index is 0.661. The van der Waals surface area contributed by atoms with Crippen LogP contribution >= 0.6 is 0 Å². The molecule has 1 unspecified atom stereocenters. The quantitative estimate of drug-likeness (QED) is 0.830. The zero-order chi connectivity index (χ0) is 11.4. The largest absolute Gasteiger partial charge is 0.316 e. The van der Waals surface area contributed by atoms with Gasteiger partial charge in [0, 0.05) is 31.9 Å². The highest BCUT2D eigenvalue weighted by molar-refractivity contribution is 5.19. The van der Waals surface area contributed by atoms with Crippen LogP contribution in [0.4, 0.5) is 0 Å². The molecule has 1 N–H and O–H groups in total. The summed E-state index contributed by atoms with van der Waals surface area (Å²) in [6.07, 6.45) is 4.23. The highest BCUT2D eigenvalue weighted by atomic mass is 15.2. The normalized spacial score (nSPS) is 21.5. The molecule has 16 heavy (non-hydrogen) atoms. The van der Waals surface area contributed by atoms with Gasteiger partial charge in [-0.05, 0) is 31.5 Å². The fourth-order valence-corrected chi connectivity index (χ4v) is 2.36. The molecule has 88 valence electrons. The van der Waals surface area contributed by atoms with E-state index in [1.165, 1.54) is 24.2 Å². The first-order chi connectivity index (χ1) is 7.83. The van der Waals surface area contributed by atoms with Crippen molar-refractivity contribution in [1.29, 1.82) is 0 Å². The Morgan fingerprint density at radius 2 is 2.44 bits per heavy atom. The molecule has 3 nitrogen and oxygen atoms in total. The first kappa shape index (κ1) is 11.6. The Morgan fingerprint density at radius 3 is 3.12 bits per heavy atom. The third-order valence-electron chi connectivity index (χ3n) is 3.42. The molecule has 2 rings (SSSR count). The second-order valence-corrected chi connectivity index (χ2v) is 4.47. The number of pyridine rings is 1. The minimum Gasteiger partial charge on any atom is -0.316 e. The van der Waals surface area contributed by atoms with Crippen LogP contribution in [0.1, 0.15) is 24.6 Å². The van der Waals surface area contributed by atoms with Gasteiger partial charge >= 0.3 is 0 Å². The van der Waals surface area contributed by atoms with Gasteiger partial charge in [0.15, 0.2) is 0 Å². The zero-order valence-corrected chi connectivity index (χ0v) is 10.2. The first-order valence-electron chi connectivity index (χ1n) is 6.16. The number of nitrogens with zero attached hydrogens (tertiary/aromatic N) is 2. The number of nitrogens with one attached hydrogen (secondary N) is 1. The van der Waals surface area contributed by atoms with E-state index in [1.807, 2.05) is 19.3 Å². The number of likely N-dealkylation sites (N-methyl/N-ethyl adjacent to an activating group) is 1. The summed E-state index contributed by atoms with van der Waals surface area (Å²) in [7, 11) is 2.05. The predicted molar refractivity (Wildman–Crippen MR) is 66.4 cm³/mol. The molecule has 1 saturated heterocycles. The van der Waals surface area contributed by atoms with Crippen molar-refractivity contribution < 1.29 is 0 Å². The maximum atomic E-state index is 4.50. The molecule has 1 aliphatic heterocycles. The lowest BCUT2D eigenvalue weighted by molar-refractivity contribution is 0.317. The Hall–Kier alpha value is -0.930. The maximum Gasteiger partial charge on any atom is 0.0575 e. The Bertz CT molecular complexity index is 338. The predicted octanol–water partition coefficient (Wildman–Crippen LogP) is 1.44. The number of aryl methyl sites for hydroxylation is 1. The van der Waals surface area contributed by atoms with Gasteiger partial charge < -0.3 is 5.32 Å². The van der Waals surface area contributed by atoms with Gasteiger partial charge in [0.2, 0.25) is 0 Å². The topological polar surface area (TPSA) is 28.2 Å². The molecular weight excluding hydrogens is 198 g/mol. The molecule has 2 heterocycles. The van der Waals surface area contributed by atoms with Crippen LogP contribution in [0.3, 0.4) is 0 Å².